The first-order chi connectivity index (χ1) is 2.56. The summed E-state index contributed by atoms with van der Waals surface area (Å²) in [5.74, 6) is 0. The molecule has 0 aliphatic heterocycles. The van der Waals surface area contributed by atoms with Crippen molar-refractivity contribution in [2.45, 2.75) is 12.6 Å². The van der Waals surface area contributed by atoms with Crippen LogP contribution in [0.5, 0.6) is 0 Å². The minimum atomic E-state index is -4.07. The van der Waals surface area contributed by atoms with E-state index < -0.39 is 12.6 Å². The Labute approximate surface area is 52.3 Å². The number of rotatable bonds is 0. The monoisotopic (exact) mass is 105 g/mol. The molecule has 0 aromatic rings. The molecule has 39 valence electrons. The molecule has 0 spiro atoms. The van der Waals surface area contributed by atoms with Crippen LogP contribution in [-0.2, 0) is 0 Å². The summed E-state index contributed by atoms with van der Waals surface area (Å²) < 4.78 is 32.2. The van der Waals surface area contributed by atoms with Crippen molar-refractivity contribution in [1.82, 2.24) is 0 Å². The average molecular weight is 105 g/mol. The second-order valence-electron chi connectivity index (χ2n) is 0.865. The molecule has 0 rings (SSSR count). The molecule has 0 nitrogen and oxygen atoms in total. The summed E-state index contributed by atoms with van der Waals surface area (Å²) in [4.78, 5) is 0. The molecule has 0 aliphatic carbocycles. The number of hydrogen-bond donors (Lipinski definition) is 0. The predicted molar refractivity (Wildman–Crippen MR) is 23.2 cm³/mol. The fourth-order valence-electron chi connectivity index (χ4n) is 0. The van der Waals surface area contributed by atoms with Crippen molar-refractivity contribution < 1.29 is 13.2 Å². The first-order valence-corrected chi connectivity index (χ1v) is 1.42. The van der Waals surface area contributed by atoms with Crippen LogP contribution in [0.3, 0.4) is 0 Å². The van der Waals surface area contributed by atoms with E-state index in [-0.39, 0.29) is 18.9 Å². The van der Waals surface area contributed by atoms with Crippen molar-refractivity contribution in [3.63, 3.8) is 0 Å². The summed E-state index contributed by atoms with van der Waals surface area (Å²) in [5, 5.41) is 0. The van der Waals surface area contributed by atoms with E-state index in [1.165, 1.54) is 0 Å². The van der Waals surface area contributed by atoms with Gasteiger partial charge in [-0.1, -0.05) is 0 Å². The third-order valence-corrected chi connectivity index (χ3v) is 0.283. The zero-order chi connectivity index (χ0) is 5.21. The zero-order valence-electron chi connectivity index (χ0n) is 3.05. The Balaban J connectivity index is 0. The molecule has 0 aliphatic rings. The zero-order valence-corrected chi connectivity index (χ0v) is 3.05. The summed E-state index contributed by atoms with van der Waals surface area (Å²) >= 11 is 0. The van der Waals surface area contributed by atoms with Crippen LogP contribution in [0.2, 0.25) is 0 Å². The number of halogens is 3. The van der Waals surface area contributed by atoms with E-state index in [1.807, 2.05) is 0 Å². The molecular weight excluding hydrogens is 100.0 g/mol. The van der Waals surface area contributed by atoms with Crippen LogP contribution < -0.4 is 0 Å². The van der Waals surface area contributed by atoms with Gasteiger partial charge >= 0.3 is 25.0 Å². The normalized spacial score (nSPS) is 10.3. The topological polar surface area (TPSA) is 0 Å². The van der Waals surface area contributed by atoms with Gasteiger partial charge in [-0.15, -0.1) is 0 Å². The van der Waals surface area contributed by atoms with Gasteiger partial charge in [-0.2, -0.15) is 13.2 Å². The van der Waals surface area contributed by atoms with Gasteiger partial charge in [-0.05, 0) is 6.92 Å². The average Bonchev–Trinajstić information content (AvgIpc) is 1.35. The van der Waals surface area contributed by atoms with E-state index in [1.54, 1.807) is 0 Å². The van der Waals surface area contributed by atoms with Gasteiger partial charge in [0.25, 0.3) is 0 Å². The Morgan fingerprint density at radius 3 is 1.43 bits per heavy atom. The van der Waals surface area contributed by atoms with E-state index in [9.17, 15) is 13.2 Å². The molecule has 0 atom stereocenters. The van der Waals surface area contributed by atoms with Gasteiger partial charge in [-0.25, -0.2) is 0 Å². The third kappa shape index (κ3) is 10.7. The molecule has 0 saturated heterocycles. The van der Waals surface area contributed by atoms with Crippen LogP contribution in [0.15, 0.2) is 0 Å². The minimum absolute atomic E-state index is 0. The van der Waals surface area contributed by atoms with E-state index in [2.05, 4.69) is 6.92 Å². The van der Waals surface area contributed by atoms with Gasteiger partial charge in [0, 0.05) is 6.42 Å². The summed E-state index contributed by atoms with van der Waals surface area (Å²) in [5.41, 5.74) is 0. The molecule has 0 saturated carbocycles. The van der Waals surface area contributed by atoms with Gasteiger partial charge in [0.1, 0.15) is 0 Å². The Morgan fingerprint density at radius 2 is 1.43 bits per heavy atom. The second-order valence-corrected chi connectivity index (χ2v) is 0.865. The van der Waals surface area contributed by atoms with Crippen LogP contribution >= 0.6 is 0 Å². The molecule has 0 aromatic carbocycles. The van der Waals surface area contributed by atoms with Crippen LogP contribution in [0.1, 0.15) is 6.42 Å². The van der Waals surface area contributed by atoms with Crippen molar-refractivity contribution in [3.05, 3.63) is 6.92 Å². The summed E-state index contributed by atoms with van der Waals surface area (Å²) in [6, 6.07) is 0. The molecule has 0 unspecified atom stereocenters. The Kier molecular flexibility index (Phi) is 5.04. The van der Waals surface area contributed by atoms with Crippen LogP contribution in [0.4, 0.5) is 13.2 Å². The van der Waals surface area contributed by atoms with Crippen molar-refractivity contribution >= 4 is 18.9 Å². The molecule has 0 N–H and O–H groups in total. The van der Waals surface area contributed by atoms with E-state index in [4.69, 9.17) is 0 Å². The van der Waals surface area contributed by atoms with E-state index in [0.29, 0.717) is 0 Å². The Bertz CT molecular complexity index is 39.9. The van der Waals surface area contributed by atoms with Crippen molar-refractivity contribution in [3.8, 4) is 0 Å². The predicted octanol–water partition coefficient (Wildman–Crippen LogP) is 1.12. The SMILES string of the molecule is [CH2]CC(F)(F)F.[LiH]. The van der Waals surface area contributed by atoms with Crippen molar-refractivity contribution in [2.24, 2.45) is 0 Å². The first-order valence-electron chi connectivity index (χ1n) is 1.42. The Morgan fingerprint density at radius 1 is 1.29 bits per heavy atom. The molecule has 0 fully saturated rings. The van der Waals surface area contributed by atoms with Crippen LogP contribution in [0.25, 0.3) is 0 Å². The van der Waals surface area contributed by atoms with Gasteiger partial charge in [-0.3, -0.25) is 0 Å². The van der Waals surface area contributed by atoms with Crippen molar-refractivity contribution in [1.29, 1.82) is 0 Å². The van der Waals surface area contributed by atoms with Gasteiger partial charge < -0.3 is 0 Å². The van der Waals surface area contributed by atoms with E-state index >= 15 is 0 Å². The third-order valence-electron chi connectivity index (χ3n) is 0.283. The van der Waals surface area contributed by atoms with Gasteiger partial charge in [0.2, 0.25) is 0 Å². The second kappa shape index (κ2) is 3.40. The molecule has 0 heterocycles. The van der Waals surface area contributed by atoms with Gasteiger partial charge in [0.15, 0.2) is 0 Å². The fraction of sp³-hybridized carbons (Fsp3) is 0.667. The standard InChI is InChI=1S/C3H4F3.Li.H/c1-2-3(4,5)6;;/h1-2H2;;. The summed E-state index contributed by atoms with van der Waals surface area (Å²) in [7, 11) is 0. The molecule has 0 bridgehead atoms. The molecule has 0 aromatic heterocycles. The molecule has 0 amide bonds. The maximum absolute atomic E-state index is 10.7. The molecule has 7 heavy (non-hydrogen) atoms. The maximum atomic E-state index is 10.7. The molecular formula is C3H5F3Li. The number of alkyl halides is 3. The van der Waals surface area contributed by atoms with Crippen LogP contribution in [0, 0.1) is 6.92 Å². The fourth-order valence-corrected chi connectivity index (χ4v) is 0. The van der Waals surface area contributed by atoms with Gasteiger partial charge in [0.05, 0.1) is 0 Å². The first kappa shape index (κ1) is 10.4. The molecule has 4 heteroatoms. The Hall–Kier alpha value is 0.387. The summed E-state index contributed by atoms with van der Waals surface area (Å²) in [6.45, 7) is 2.63. The summed E-state index contributed by atoms with van der Waals surface area (Å²) in [6.07, 6.45) is -5.05. The van der Waals surface area contributed by atoms with Crippen LogP contribution in [-0.4, -0.2) is 25.0 Å². The number of hydrogen-bond acceptors (Lipinski definition) is 0. The van der Waals surface area contributed by atoms with E-state index in [0.717, 1.165) is 0 Å². The quantitative estimate of drug-likeness (QED) is 0.405. The van der Waals surface area contributed by atoms with Crippen molar-refractivity contribution in [2.75, 3.05) is 0 Å². The molecule has 1 radical (unpaired) electrons.